The second kappa shape index (κ2) is 9.53. The SMILES string of the molecule is COc1cc(CN2CCN(Cc3ncn[nH]3)CC2)ccc1OCC=C(C)C. The van der Waals surface area contributed by atoms with Crippen molar-refractivity contribution < 1.29 is 9.47 Å². The highest BCUT2D eigenvalue weighted by Gasteiger charge is 2.18. The minimum atomic E-state index is 0.561. The van der Waals surface area contributed by atoms with Crippen LogP contribution in [0.1, 0.15) is 25.2 Å². The summed E-state index contributed by atoms with van der Waals surface area (Å²) >= 11 is 0. The van der Waals surface area contributed by atoms with E-state index in [0.29, 0.717) is 6.61 Å². The molecule has 146 valence electrons. The molecule has 1 aromatic heterocycles. The van der Waals surface area contributed by atoms with Crippen molar-refractivity contribution in [3.8, 4) is 11.5 Å². The first-order valence-electron chi connectivity index (χ1n) is 9.36. The highest BCUT2D eigenvalue weighted by molar-refractivity contribution is 5.43. The zero-order chi connectivity index (χ0) is 19.1. The Balaban J connectivity index is 1.51. The largest absolute Gasteiger partial charge is 0.493 e. The monoisotopic (exact) mass is 371 g/mol. The molecule has 1 saturated heterocycles. The van der Waals surface area contributed by atoms with Crippen LogP contribution in [0.4, 0.5) is 0 Å². The van der Waals surface area contributed by atoms with Crippen LogP contribution >= 0.6 is 0 Å². The van der Waals surface area contributed by atoms with Gasteiger partial charge in [0.15, 0.2) is 11.5 Å². The first-order chi connectivity index (χ1) is 13.1. The normalized spacial score (nSPS) is 15.5. The summed E-state index contributed by atoms with van der Waals surface area (Å²) in [5.74, 6) is 2.51. The molecule has 1 aliphatic heterocycles. The molecule has 7 heteroatoms. The molecule has 3 rings (SSSR count). The third kappa shape index (κ3) is 5.80. The number of hydrogen-bond donors (Lipinski definition) is 1. The van der Waals surface area contributed by atoms with Crippen LogP contribution in [-0.4, -0.2) is 64.9 Å². The molecular formula is C20H29N5O2. The van der Waals surface area contributed by atoms with Crippen LogP contribution in [0, 0.1) is 0 Å². The van der Waals surface area contributed by atoms with E-state index < -0.39 is 0 Å². The Kier molecular flexibility index (Phi) is 6.84. The van der Waals surface area contributed by atoms with Gasteiger partial charge in [-0.15, -0.1) is 0 Å². The molecule has 0 atom stereocenters. The van der Waals surface area contributed by atoms with E-state index in [1.54, 1.807) is 13.4 Å². The third-order valence-corrected chi connectivity index (χ3v) is 4.67. The fourth-order valence-corrected chi connectivity index (χ4v) is 3.11. The number of nitrogens with zero attached hydrogens (tertiary/aromatic N) is 4. The highest BCUT2D eigenvalue weighted by atomic mass is 16.5. The van der Waals surface area contributed by atoms with Crippen LogP contribution in [-0.2, 0) is 13.1 Å². The number of aromatic nitrogens is 3. The van der Waals surface area contributed by atoms with Crippen LogP contribution in [0.5, 0.6) is 11.5 Å². The number of piperazine rings is 1. The Hall–Kier alpha value is -2.38. The smallest absolute Gasteiger partial charge is 0.161 e. The summed E-state index contributed by atoms with van der Waals surface area (Å²) in [5.41, 5.74) is 2.48. The minimum Gasteiger partial charge on any atom is -0.493 e. The summed E-state index contributed by atoms with van der Waals surface area (Å²) in [6.45, 7) is 10.6. The molecule has 0 radical (unpaired) electrons. The molecule has 2 heterocycles. The second-order valence-electron chi connectivity index (χ2n) is 7.06. The van der Waals surface area contributed by atoms with E-state index in [0.717, 1.165) is 56.6 Å². The standard InChI is InChI=1S/C20H29N5O2/c1-16(2)6-11-27-18-5-4-17(12-19(18)26-3)13-24-7-9-25(10-8-24)14-20-21-15-22-23-20/h4-6,12,15H,7-11,13-14H2,1-3H3,(H,21,22,23). The zero-order valence-corrected chi connectivity index (χ0v) is 16.4. The van der Waals surface area contributed by atoms with Gasteiger partial charge in [-0.2, -0.15) is 5.10 Å². The van der Waals surface area contributed by atoms with Crippen LogP contribution in [0.15, 0.2) is 36.2 Å². The summed E-state index contributed by atoms with van der Waals surface area (Å²) < 4.78 is 11.3. The maximum Gasteiger partial charge on any atom is 0.161 e. The van der Waals surface area contributed by atoms with Crippen LogP contribution in [0.25, 0.3) is 0 Å². The summed E-state index contributed by atoms with van der Waals surface area (Å²) in [6, 6.07) is 6.22. The molecule has 1 aliphatic rings. The molecule has 1 N–H and O–H groups in total. The zero-order valence-electron chi connectivity index (χ0n) is 16.4. The Labute approximate surface area is 161 Å². The van der Waals surface area contributed by atoms with Gasteiger partial charge in [0.1, 0.15) is 18.8 Å². The van der Waals surface area contributed by atoms with Crippen LogP contribution in [0.2, 0.25) is 0 Å². The lowest BCUT2D eigenvalue weighted by atomic mass is 10.1. The number of H-pyrrole nitrogens is 1. The Morgan fingerprint density at radius 3 is 2.48 bits per heavy atom. The van der Waals surface area contributed by atoms with E-state index in [1.807, 2.05) is 6.07 Å². The average Bonchev–Trinajstić information content (AvgIpc) is 3.17. The number of allylic oxidation sites excluding steroid dienone is 1. The molecule has 27 heavy (non-hydrogen) atoms. The number of nitrogens with one attached hydrogen (secondary N) is 1. The topological polar surface area (TPSA) is 66.5 Å². The fraction of sp³-hybridized carbons (Fsp3) is 0.500. The number of ether oxygens (including phenoxy) is 2. The number of hydrogen-bond acceptors (Lipinski definition) is 6. The van der Waals surface area contributed by atoms with E-state index in [4.69, 9.17) is 9.47 Å². The maximum atomic E-state index is 5.81. The van der Waals surface area contributed by atoms with Crippen molar-refractivity contribution in [2.45, 2.75) is 26.9 Å². The summed E-state index contributed by atoms with van der Waals surface area (Å²) in [4.78, 5) is 9.07. The van der Waals surface area contributed by atoms with Crippen molar-refractivity contribution in [2.24, 2.45) is 0 Å². The van der Waals surface area contributed by atoms with E-state index in [-0.39, 0.29) is 0 Å². The first kappa shape index (κ1) is 19.4. The van der Waals surface area contributed by atoms with Crippen molar-refractivity contribution >= 4 is 0 Å². The summed E-state index contributed by atoms with van der Waals surface area (Å²) in [7, 11) is 1.69. The van der Waals surface area contributed by atoms with E-state index >= 15 is 0 Å². The van der Waals surface area contributed by atoms with Crippen molar-refractivity contribution in [1.82, 2.24) is 25.0 Å². The van der Waals surface area contributed by atoms with Gasteiger partial charge in [-0.05, 0) is 37.6 Å². The molecule has 2 aromatic rings. The molecule has 1 aromatic carbocycles. The first-order valence-corrected chi connectivity index (χ1v) is 9.36. The molecule has 0 bridgehead atoms. The fourth-order valence-electron chi connectivity index (χ4n) is 3.11. The van der Waals surface area contributed by atoms with E-state index in [2.05, 4.69) is 57.0 Å². The third-order valence-electron chi connectivity index (χ3n) is 4.67. The number of methoxy groups -OCH3 is 1. The van der Waals surface area contributed by atoms with Gasteiger partial charge in [0.05, 0.1) is 13.7 Å². The lowest BCUT2D eigenvalue weighted by molar-refractivity contribution is 0.120. The van der Waals surface area contributed by atoms with Gasteiger partial charge in [0.2, 0.25) is 0 Å². The average molecular weight is 371 g/mol. The number of rotatable bonds is 8. The predicted octanol–water partition coefficient (Wildman–Crippen LogP) is 2.48. The van der Waals surface area contributed by atoms with Crippen molar-refractivity contribution in [3.05, 3.63) is 47.6 Å². The quantitative estimate of drug-likeness (QED) is 0.719. The van der Waals surface area contributed by atoms with E-state index in [9.17, 15) is 0 Å². The van der Waals surface area contributed by atoms with Crippen molar-refractivity contribution in [2.75, 3.05) is 39.9 Å². The predicted molar refractivity (Wildman–Crippen MR) is 105 cm³/mol. The summed E-state index contributed by atoms with van der Waals surface area (Å²) in [5, 5.41) is 6.84. The van der Waals surface area contributed by atoms with Gasteiger partial charge >= 0.3 is 0 Å². The lowest BCUT2D eigenvalue weighted by Crippen LogP contribution is -2.45. The molecule has 0 unspecified atom stereocenters. The molecular weight excluding hydrogens is 342 g/mol. The minimum absolute atomic E-state index is 0.561. The molecule has 7 nitrogen and oxygen atoms in total. The lowest BCUT2D eigenvalue weighted by Gasteiger charge is -2.34. The molecule has 0 amide bonds. The number of benzene rings is 1. The van der Waals surface area contributed by atoms with Gasteiger partial charge in [0.25, 0.3) is 0 Å². The molecule has 1 fully saturated rings. The van der Waals surface area contributed by atoms with Crippen molar-refractivity contribution in [1.29, 1.82) is 0 Å². The van der Waals surface area contributed by atoms with Gasteiger partial charge in [0, 0.05) is 32.7 Å². The Morgan fingerprint density at radius 1 is 1.11 bits per heavy atom. The Morgan fingerprint density at radius 2 is 1.85 bits per heavy atom. The number of aromatic amines is 1. The molecule has 0 spiro atoms. The highest BCUT2D eigenvalue weighted by Crippen LogP contribution is 2.28. The summed E-state index contributed by atoms with van der Waals surface area (Å²) in [6.07, 6.45) is 3.62. The second-order valence-corrected chi connectivity index (χ2v) is 7.06. The van der Waals surface area contributed by atoms with Crippen LogP contribution in [0.3, 0.4) is 0 Å². The van der Waals surface area contributed by atoms with Crippen molar-refractivity contribution in [3.63, 3.8) is 0 Å². The Bertz CT molecular complexity index is 733. The molecule has 0 aliphatic carbocycles. The van der Waals surface area contributed by atoms with Gasteiger partial charge < -0.3 is 9.47 Å². The van der Waals surface area contributed by atoms with Crippen LogP contribution < -0.4 is 9.47 Å². The van der Waals surface area contributed by atoms with E-state index in [1.165, 1.54) is 11.1 Å². The van der Waals surface area contributed by atoms with Gasteiger partial charge in [-0.1, -0.05) is 11.6 Å². The van der Waals surface area contributed by atoms with Gasteiger partial charge in [-0.25, -0.2) is 4.98 Å². The molecule has 0 saturated carbocycles. The maximum absolute atomic E-state index is 5.81. The van der Waals surface area contributed by atoms with Gasteiger partial charge in [-0.3, -0.25) is 14.9 Å².